The molecule has 1 heterocycles. The van der Waals surface area contributed by atoms with Gasteiger partial charge in [-0.15, -0.1) is 0 Å². The smallest absolute Gasteiger partial charge is 0.355 e. The molecule has 1 N–H and O–H groups in total. The zero-order chi connectivity index (χ0) is 26.7. The van der Waals surface area contributed by atoms with Crippen LogP contribution >= 0.6 is 11.6 Å². The second kappa shape index (κ2) is 11.3. The molecule has 36 heavy (non-hydrogen) atoms. The van der Waals surface area contributed by atoms with Crippen LogP contribution in [0.2, 0.25) is 5.02 Å². The first-order chi connectivity index (χ1) is 16.9. The summed E-state index contributed by atoms with van der Waals surface area (Å²) in [6.07, 6.45) is -2.23. The van der Waals surface area contributed by atoms with Gasteiger partial charge in [0, 0.05) is 48.1 Å². The minimum Gasteiger partial charge on any atom is -0.355 e. The van der Waals surface area contributed by atoms with E-state index in [0.717, 1.165) is 17.8 Å². The number of alkyl halides is 3. The molecule has 1 aliphatic carbocycles. The van der Waals surface area contributed by atoms with Gasteiger partial charge in [-0.05, 0) is 56.6 Å². The molecular weight excluding hydrogens is 498 g/mol. The van der Waals surface area contributed by atoms with E-state index in [1.54, 1.807) is 25.1 Å². The van der Waals surface area contributed by atoms with Crippen LogP contribution in [0.25, 0.3) is 0 Å². The summed E-state index contributed by atoms with van der Waals surface area (Å²) in [5.41, 5.74) is -0.670. The maximum Gasteiger partial charge on any atom is 0.395 e. The molecule has 0 bridgehead atoms. The number of pyridine rings is 1. The fourth-order valence-corrected chi connectivity index (χ4v) is 4.74. The number of halogens is 5. The van der Waals surface area contributed by atoms with E-state index in [1.807, 2.05) is 19.0 Å². The first-order valence-electron chi connectivity index (χ1n) is 11.8. The zero-order valence-corrected chi connectivity index (χ0v) is 21.2. The zero-order valence-electron chi connectivity index (χ0n) is 20.5. The molecule has 0 spiro atoms. The molecule has 10 heteroatoms. The van der Waals surface area contributed by atoms with Crippen LogP contribution in [0.15, 0.2) is 36.7 Å². The minimum atomic E-state index is -4.52. The Balaban J connectivity index is 1.71. The van der Waals surface area contributed by atoms with Gasteiger partial charge in [-0.3, -0.25) is 14.6 Å². The van der Waals surface area contributed by atoms with Gasteiger partial charge in [0.05, 0.1) is 11.6 Å². The molecule has 1 amide bonds. The molecule has 1 unspecified atom stereocenters. The maximum absolute atomic E-state index is 13.9. The van der Waals surface area contributed by atoms with Crippen LogP contribution in [-0.4, -0.2) is 54.4 Å². The Bertz CT molecular complexity index is 1100. The number of benzene rings is 1. The van der Waals surface area contributed by atoms with Crippen LogP contribution in [0.4, 0.5) is 17.6 Å². The normalized spacial score (nSPS) is 16.5. The average molecular weight is 528 g/mol. The molecule has 1 saturated carbocycles. The lowest BCUT2D eigenvalue weighted by Crippen LogP contribution is -2.42. The highest BCUT2D eigenvalue weighted by atomic mass is 35.5. The van der Waals surface area contributed by atoms with E-state index in [4.69, 9.17) is 11.6 Å². The van der Waals surface area contributed by atoms with Gasteiger partial charge in [0.1, 0.15) is 5.82 Å². The summed E-state index contributed by atoms with van der Waals surface area (Å²) in [6, 6.07) is 5.93. The van der Waals surface area contributed by atoms with Gasteiger partial charge in [-0.25, -0.2) is 4.39 Å². The van der Waals surface area contributed by atoms with Crippen molar-refractivity contribution in [3.05, 3.63) is 64.2 Å². The summed E-state index contributed by atoms with van der Waals surface area (Å²) in [5.74, 6) is -2.54. The number of likely N-dealkylation sites (N-methyl/N-ethyl adjacent to an activating group) is 1. The molecule has 196 valence electrons. The number of carbonyl (C=O) groups is 2. The standard InChI is InChI=1S/C26H30ClF4N3O2/c1-4-23(35)17-6-5-16(22(27)11-17)10-20(34(2)3)15-33-24(36)12-21(18-9-19(28)14-32-13-18)25(7-8-25)26(29,30)31/h5-6,9,11,13-14,20-21H,4,7-8,10,12,15H2,1-3H3,(H,33,36)/t20-,21?/m0/s1. The van der Waals surface area contributed by atoms with Crippen molar-refractivity contribution >= 4 is 23.3 Å². The quantitative estimate of drug-likeness (QED) is 0.306. The first-order valence-corrected chi connectivity index (χ1v) is 12.2. The van der Waals surface area contributed by atoms with Crippen LogP contribution in [0, 0.1) is 11.2 Å². The monoisotopic (exact) mass is 527 g/mol. The van der Waals surface area contributed by atoms with Crippen molar-refractivity contribution in [2.45, 2.75) is 57.2 Å². The molecule has 0 aliphatic heterocycles. The topological polar surface area (TPSA) is 62.3 Å². The predicted octanol–water partition coefficient (Wildman–Crippen LogP) is 5.57. The van der Waals surface area contributed by atoms with Crippen molar-refractivity contribution in [1.82, 2.24) is 15.2 Å². The van der Waals surface area contributed by atoms with Gasteiger partial charge in [0.2, 0.25) is 5.91 Å². The number of aromatic nitrogens is 1. The van der Waals surface area contributed by atoms with Gasteiger partial charge in [0.25, 0.3) is 0 Å². The highest BCUT2D eigenvalue weighted by Gasteiger charge is 2.67. The summed E-state index contributed by atoms with van der Waals surface area (Å²) >= 11 is 6.39. The maximum atomic E-state index is 13.9. The van der Waals surface area contributed by atoms with Gasteiger partial charge in [0.15, 0.2) is 5.78 Å². The van der Waals surface area contributed by atoms with Crippen LogP contribution < -0.4 is 5.32 Å². The summed E-state index contributed by atoms with van der Waals surface area (Å²) in [5, 5.41) is 3.19. The Morgan fingerprint density at radius 1 is 1.19 bits per heavy atom. The lowest BCUT2D eigenvalue weighted by Gasteiger charge is -2.30. The number of hydrogen-bond acceptors (Lipinski definition) is 4. The molecular formula is C26H30ClF4N3O2. The van der Waals surface area contributed by atoms with Crippen molar-refractivity contribution in [2.75, 3.05) is 20.6 Å². The lowest BCUT2D eigenvalue weighted by atomic mass is 9.80. The van der Waals surface area contributed by atoms with Crippen molar-refractivity contribution < 1.29 is 27.2 Å². The highest BCUT2D eigenvalue weighted by Crippen LogP contribution is 2.66. The van der Waals surface area contributed by atoms with Gasteiger partial charge in [-0.2, -0.15) is 13.2 Å². The number of Topliss-reactive ketones (excluding diaryl/α,β-unsaturated/α-hetero) is 1. The number of ketones is 1. The Labute approximate surface area is 213 Å². The van der Waals surface area contributed by atoms with E-state index in [0.29, 0.717) is 23.4 Å². The number of nitrogens with one attached hydrogen (secondary N) is 1. The van der Waals surface area contributed by atoms with Gasteiger partial charge in [-0.1, -0.05) is 30.7 Å². The molecule has 2 aromatic rings. The van der Waals surface area contributed by atoms with E-state index in [1.165, 1.54) is 6.20 Å². The van der Waals surface area contributed by atoms with Crippen LogP contribution in [-0.2, 0) is 11.2 Å². The van der Waals surface area contributed by atoms with E-state index in [-0.39, 0.29) is 36.8 Å². The van der Waals surface area contributed by atoms with Crippen LogP contribution in [0.3, 0.4) is 0 Å². The third-order valence-electron chi connectivity index (χ3n) is 6.96. The van der Waals surface area contributed by atoms with Crippen molar-refractivity contribution in [1.29, 1.82) is 0 Å². The molecule has 5 nitrogen and oxygen atoms in total. The number of rotatable bonds is 11. The molecule has 1 aromatic heterocycles. The molecule has 0 radical (unpaired) electrons. The van der Waals surface area contributed by atoms with E-state index in [9.17, 15) is 27.2 Å². The Hall–Kier alpha value is -2.52. The second-order valence-corrected chi connectivity index (χ2v) is 9.96. The minimum absolute atomic E-state index is 0.0183. The molecule has 0 saturated heterocycles. The van der Waals surface area contributed by atoms with E-state index < -0.39 is 35.7 Å². The number of carbonyl (C=O) groups excluding carboxylic acids is 2. The molecule has 3 rings (SSSR count). The van der Waals surface area contributed by atoms with Crippen LogP contribution in [0.5, 0.6) is 0 Å². The highest BCUT2D eigenvalue weighted by molar-refractivity contribution is 6.31. The molecule has 2 atom stereocenters. The summed E-state index contributed by atoms with van der Waals surface area (Å²) < 4.78 is 55.5. The largest absolute Gasteiger partial charge is 0.395 e. The summed E-state index contributed by atoms with van der Waals surface area (Å²) in [6.45, 7) is 1.94. The first kappa shape index (κ1) is 28.1. The van der Waals surface area contributed by atoms with Gasteiger partial charge < -0.3 is 10.2 Å². The Morgan fingerprint density at radius 3 is 2.42 bits per heavy atom. The lowest BCUT2D eigenvalue weighted by molar-refractivity contribution is -0.194. The SMILES string of the molecule is CCC(=O)c1ccc(C[C@@H](CNC(=O)CC(c2cncc(F)c2)C2(C(F)(F)F)CC2)N(C)C)c(Cl)c1. The predicted molar refractivity (Wildman–Crippen MR) is 130 cm³/mol. The third-order valence-corrected chi connectivity index (χ3v) is 7.31. The Morgan fingerprint density at radius 2 is 1.89 bits per heavy atom. The second-order valence-electron chi connectivity index (χ2n) is 9.56. The number of hydrogen-bond donors (Lipinski definition) is 1. The molecule has 1 fully saturated rings. The van der Waals surface area contributed by atoms with E-state index in [2.05, 4.69) is 10.3 Å². The number of amides is 1. The summed E-state index contributed by atoms with van der Waals surface area (Å²) in [4.78, 5) is 30.3. The third kappa shape index (κ3) is 6.42. The van der Waals surface area contributed by atoms with Crippen molar-refractivity contribution in [2.24, 2.45) is 5.41 Å². The number of nitrogens with zero attached hydrogens (tertiary/aromatic N) is 2. The Kier molecular flexibility index (Phi) is 8.77. The molecule has 1 aromatic carbocycles. The average Bonchev–Trinajstić information content (AvgIpc) is 3.62. The molecule has 1 aliphatic rings. The fraction of sp³-hybridized carbons (Fsp3) is 0.500. The fourth-order valence-electron chi connectivity index (χ4n) is 4.49. The van der Waals surface area contributed by atoms with Gasteiger partial charge >= 0.3 is 6.18 Å². The van der Waals surface area contributed by atoms with Crippen molar-refractivity contribution in [3.63, 3.8) is 0 Å². The summed E-state index contributed by atoms with van der Waals surface area (Å²) in [7, 11) is 3.65. The van der Waals surface area contributed by atoms with E-state index >= 15 is 0 Å². The van der Waals surface area contributed by atoms with Crippen LogP contribution in [0.1, 0.15) is 60.0 Å². The van der Waals surface area contributed by atoms with Crippen molar-refractivity contribution in [3.8, 4) is 0 Å².